The van der Waals surface area contributed by atoms with Crippen molar-refractivity contribution >= 4 is 0 Å². The van der Waals surface area contributed by atoms with Gasteiger partial charge in [-0.15, -0.1) is 0 Å². The van der Waals surface area contributed by atoms with E-state index in [0.717, 1.165) is 5.41 Å². The Balaban J connectivity index is 1.87. The van der Waals surface area contributed by atoms with Gasteiger partial charge in [-0.3, -0.25) is 0 Å². The van der Waals surface area contributed by atoms with Crippen LogP contribution in [0.15, 0.2) is 0 Å². The van der Waals surface area contributed by atoms with Crippen molar-refractivity contribution in [2.75, 3.05) is 0 Å². The van der Waals surface area contributed by atoms with E-state index in [1.807, 2.05) is 0 Å². The molecule has 6 atom stereocenters. The molecule has 0 spiro atoms. The van der Waals surface area contributed by atoms with Gasteiger partial charge in [-0.05, 0) is 54.3 Å². The molecule has 4 saturated carbocycles. The third-order valence-corrected chi connectivity index (χ3v) is 5.35. The third kappa shape index (κ3) is 0.258. The van der Waals surface area contributed by atoms with Gasteiger partial charge in [-0.2, -0.15) is 0 Å². The lowest BCUT2D eigenvalue weighted by Gasteiger charge is -2.56. The van der Waals surface area contributed by atoms with Crippen LogP contribution in [-0.4, -0.2) is 0 Å². The van der Waals surface area contributed by atoms with Gasteiger partial charge in [0.25, 0.3) is 0 Å². The van der Waals surface area contributed by atoms with E-state index in [4.69, 9.17) is 0 Å². The smallest absolute Gasteiger partial charge is 0.0260 e. The van der Waals surface area contributed by atoms with Crippen molar-refractivity contribution in [1.82, 2.24) is 0 Å². The van der Waals surface area contributed by atoms with Gasteiger partial charge in [0.15, 0.2) is 0 Å². The minimum absolute atomic E-state index is 0.891. The van der Waals surface area contributed by atoms with Crippen LogP contribution >= 0.6 is 0 Å². The summed E-state index contributed by atoms with van der Waals surface area (Å²) < 4.78 is 0. The van der Waals surface area contributed by atoms with Crippen LogP contribution in [0, 0.1) is 35.0 Å². The first-order valence-electron chi connectivity index (χ1n) is 4.81. The van der Waals surface area contributed by atoms with E-state index in [9.17, 15) is 0 Å². The molecule has 0 aromatic heterocycles. The summed E-state index contributed by atoms with van der Waals surface area (Å²) in [7, 11) is 0. The first-order chi connectivity index (χ1) is 4.81. The van der Waals surface area contributed by atoms with Crippen molar-refractivity contribution < 1.29 is 0 Å². The van der Waals surface area contributed by atoms with Crippen LogP contribution in [0.5, 0.6) is 0 Å². The van der Waals surface area contributed by atoms with Crippen molar-refractivity contribution in [2.24, 2.45) is 35.0 Å². The first-order valence-corrected chi connectivity index (χ1v) is 4.81. The lowest BCUT2D eigenvalue weighted by atomic mass is 9.49. The molecule has 4 rings (SSSR count). The normalized spacial score (nSPS) is 80.7. The third-order valence-electron chi connectivity index (χ3n) is 5.35. The van der Waals surface area contributed by atoms with Crippen LogP contribution in [0.2, 0.25) is 0 Å². The second-order valence-corrected chi connectivity index (χ2v) is 5.40. The highest BCUT2D eigenvalue weighted by Gasteiger charge is 2.76. The Hall–Kier alpha value is 0. The Morgan fingerprint density at radius 3 is 2.70 bits per heavy atom. The average molecular weight is 134 g/mol. The molecule has 0 radical (unpaired) electrons. The summed E-state index contributed by atoms with van der Waals surface area (Å²) in [6, 6.07) is 0. The summed E-state index contributed by atoms with van der Waals surface area (Å²) in [5.74, 6) is 6.12. The van der Waals surface area contributed by atoms with Crippen LogP contribution in [0.4, 0.5) is 0 Å². The molecule has 0 aromatic rings. The van der Waals surface area contributed by atoms with Gasteiger partial charge in [0.1, 0.15) is 0 Å². The maximum absolute atomic E-state index is 2.55. The van der Waals surface area contributed by atoms with E-state index in [1.54, 1.807) is 19.3 Å². The van der Waals surface area contributed by atoms with Crippen LogP contribution in [0.3, 0.4) is 0 Å². The molecule has 0 heterocycles. The van der Waals surface area contributed by atoms with E-state index < -0.39 is 0 Å². The van der Waals surface area contributed by atoms with Gasteiger partial charge >= 0.3 is 0 Å². The molecule has 0 nitrogen and oxygen atoms in total. The minimum atomic E-state index is 0.891. The molecule has 0 N–H and O–H groups in total. The minimum Gasteiger partial charge on any atom is -0.0591 e. The van der Waals surface area contributed by atoms with Gasteiger partial charge in [0.05, 0.1) is 0 Å². The van der Waals surface area contributed by atoms with Crippen LogP contribution in [0.1, 0.15) is 26.2 Å². The van der Waals surface area contributed by atoms with Gasteiger partial charge in [0, 0.05) is 0 Å². The average Bonchev–Trinajstić information content (AvgIpc) is 2.46. The molecular weight excluding hydrogens is 120 g/mol. The van der Waals surface area contributed by atoms with E-state index in [0.29, 0.717) is 0 Å². The second-order valence-electron chi connectivity index (χ2n) is 5.40. The van der Waals surface area contributed by atoms with Crippen molar-refractivity contribution in [1.29, 1.82) is 0 Å². The zero-order valence-electron chi connectivity index (χ0n) is 6.51. The summed E-state index contributed by atoms with van der Waals surface area (Å²) in [6.45, 7) is 2.55. The highest BCUT2D eigenvalue weighted by atomic mass is 14.8. The largest absolute Gasteiger partial charge is 0.0591 e. The molecule has 0 aliphatic heterocycles. The number of hydrogen-bond acceptors (Lipinski definition) is 0. The SMILES string of the molecule is CC12CC1C1CC3CC2C31. The Bertz CT molecular complexity index is 215. The molecule has 10 heavy (non-hydrogen) atoms. The fourth-order valence-corrected chi connectivity index (χ4v) is 4.61. The summed E-state index contributed by atoms with van der Waals surface area (Å²) in [4.78, 5) is 0. The molecule has 0 aromatic carbocycles. The second kappa shape index (κ2) is 1.00. The Morgan fingerprint density at radius 2 is 2.10 bits per heavy atom. The predicted molar refractivity (Wildman–Crippen MR) is 39.4 cm³/mol. The molecule has 54 valence electrons. The zero-order chi connectivity index (χ0) is 6.51. The number of hydrogen-bond donors (Lipinski definition) is 0. The summed E-state index contributed by atoms with van der Waals surface area (Å²) in [5, 5.41) is 0. The summed E-state index contributed by atoms with van der Waals surface area (Å²) in [5.41, 5.74) is 0.891. The highest BCUT2D eigenvalue weighted by molar-refractivity contribution is 5.25. The monoisotopic (exact) mass is 134 g/mol. The van der Waals surface area contributed by atoms with Gasteiger partial charge in [-0.1, -0.05) is 6.92 Å². The van der Waals surface area contributed by atoms with Crippen molar-refractivity contribution in [3.05, 3.63) is 0 Å². The van der Waals surface area contributed by atoms with Crippen molar-refractivity contribution in [2.45, 2.75) is 26.2 Å². The summed E-state index contributed by atoms with van der Waals surface area (Å²) in [6.07, 6.45) is 4.85. The predicted octanol–water partition coefficient (Wildman–Crippen LogP) is 2.30. The lowest BCUT2D eigenvalue weighted by molar-refractivity contribution is -0.0753. The summed E-state index contributed by atoms with van der Waals surface area (Å²) >= 11 is 0. The maximum atomic E-state index is 2.55. The highest BCUT2D eigenvalue weighted by Crippen LogP contribution is 2.83. The van der Waals surface area contributed by atoms with E-state index in [-0.39, 0.29) is 0 Å². The van der Waals surface area contributed by atoms with Crippen LogP contribution in [-0.2, 0) is 0 Å². The quantitative estimate of drug-likeness (QED) is 0.477. The van der Waals surface area contributed by atoms with Gasteiger partial charge in [0.2, 0.25) is 0 Å². The maximum Gasteiger partial charge on any atom is -0.0260 e. The standard InChI is InChI=1S/C10H14/c1-10-4-8(10)6-2-5-3-7(10)9(5)6/h5-9H,2-4H2,1H3. The topological polar surface area (TPSA) is 0 Å². The van der Waals surface area contributed by atoms with E-state index >= 15 is 0 Å². The van der Waals surface area contributed by atoms with E-state index in [2.05, 4.69) is 6.92 Å². The molecule has 0 heteroatoms. The molecule has 0 saturated heterocycles. The molecule has 4 aliphatic carbocycles. The first kappa shape index (κ1) is 4.79. The van der Waals surface area contributed by atoms with Crippen LogP contribution in [0.25, 0.3) is 0 Å². The Morgan fingerprint density at radius 1 is 1.20 bits per heavy atom. The molecule has 0 bridgehead atoms. The molecule has 0 amide bonds. The molecular formula is C10H14. The van der Waals surface area contributed by atoms with Crippen molar-refractivity contribution in [3.63, 3.8) is 0 Å². The Kier molecular flexibility index (Phi) is 0.479. The number of fused-ring (bicyclic) bond motifs is 3. The zero-order valence-corrected chi connectivity index (χ0v) is 6.51. The fraction of sp³-hybridized carbons (Fsp3) is 1.00. The number of rotatable bonds is 0. The van der Waals surface area contributed by atoms with E-state index in [1.165, 1.54) is 29.6 Å². The molecule has 6 unspecified atom stereocenters. The fourth-order valence-electron chi connectivity index (χ4n) is 4.61. The van der Waals surface area contributed by atoms with Crippen molar-refractivity contribution in [3.8, 4) is 0 Å². The Labute approximate surface area is 62.0 Å². The van der Waals surface area contributed by atoms with Gasteiger partial charge in [-0.25, -0.2) is 0 Å². The lowest BCUT2D eigenvalue weighted by Crippen LogP contribution is -2.49. The van der Waals surface area contributed by atoms with Gasteiger partial charge < -0.3 is 0 Å². The van der Waals surface area contributed by atoms with Crippen LogP contribution < -0.4 is 0 Å². The molecule has 4 aliphatic rings. The molecule has 4 fully saturated rings.